The van der Waals surface area contributed by atoms with Crippen molar-refractivity contribution in [2.24, 2.45) is 7.05 Å². The molecule has 0 fully saturated rings. The predicted octanol–water partition coefficient (Wildman–Crippen LogP) is 2.85. The van der Waals surface area contributed by atoms with Gasteiger partial charge in [-0.2, -0.15) is 0 Å². The first-order valence-electron chi connectivity index (χ1n) is 8.07. The van der Waals surface area contributed by atoms with Crippen LogP contribution in [0.15, 0.2) is 41.8 Å². The van der Waals surface area contributed by atoms with E-state index in [4.69, 9.17) is 4.74 Å². The molecule has 0 amide bonds. The number of hydrogen-bond donors (Lipinski definition) is 0. The zero-order valence-electron chi connectivity index (χ0n) is 14.6. The number of aromatic nitrogens is 5. The molecule has 0 radical (unpaired) electrons. The molecule has 0 aliphatic heterocycles. The van der Waals surface area contributed by atoms with Crippen molar-refractivity contribution in [2.45, 2.75) is 6.61 Å². The van der Waals surface area contributed by atoms with Crippen LogP contribution in [0, 0.1) is 0 Å². The third kappa shape index (κ3) is 3.24. The van der Waals surface area contributed by atoms with Crippen molar-refractivity contribution in [1.82, 2.24) is 25.2 Å². The second-order valence-corrected chi connectivity index (χ2v) is 6.64. The predicted molar refractivity (Wildman–Crippen MR) is 99.5 cm³/mol. The highest BCUT2D eigenvalue weighted by molar-refractivity contribution is 7.09. The van der Waals surface area contributed by atoms with Gasteiger partial charge in [-0.3, -0.25) is 0 Å². The van der Waals surface area contributed by atoms with Crippen LogP contribution < -0.4 is 4.74 Å². The molecule has 136 valence electrons. The number of ether oxygens (including phenoxy) is 2. The topological polar surface area (TPSA) is 92.0 Å². The minimum atomic E-state index is -0.464. The second-order valence-electron chi connectivity index (χ2n) is 5.69. The van der Waals surface area contributed by atoms with E-state index in [2.05, 4.69) is 25.2 Å². The smallest absolute Gasteiger partial charge is 0.357 e. The first-order chi connectivity index (χ1) is 13.2. The molecule has 4 rings (SSSR count). The lowest BCUT2D eigenvalue weighted by molar-refractivity contribution is 0.0594. The molecule has 9 heteroatoms. The van der Waals surface area contributed by atoms with Crippen molar-refractivity contribution < 1.29 is 14.3 Å². The molecule has 0 saturated heterocycles. The van der Waals surface area contributed by atoms with Gasteiger partial charge in [-0.25, -0.2) is 14.5 Å². The van der Waals surface area contributed by atoms with Crippen LogP contribution in [-0.4, -0.2) is 38.3 Å². The molecule has 27 heavy (non-hydrogen) atoms. The highest BCUT2D eigenvalue weighted by atomic mass is 32.1. The van der Waals surface area contributed by atoms with Crippen LogP contribution in [0.4, 0.5) is 0 Å². The van der Waals surface area contributed by atoms with Crippen LogP contribution in [0.1, 0.15) is 15.5 Å². The summed E-state index contributed by atoms with van der Waals surface area (Å²) in [5, 5.41) is 16.2. The van der Waals surface area contributed by atoms with Crippen molar-refractivity contribution >= 4 is 28.1 Å². The first-order valence-corrected chi connectivity index (χ1v) is 8.95. The third-order valence-corrected chi connectivity index (χ3v) is 4.85. The summed E-state index contributed by atoms with van der Waals surface area (Å²) in [6.45, 7) is 0.221. The van der Waals surface area contributed by atoms with Crippen molar-refractivity contribution in [1.29, 1.82) is 0 Å². The maximum absolute atomic E-state index is 11.6. The van der Waals surface area contributed by atoms with E-state index in [9.17, 15) is 4.79 Å². The van der Waals surface area contributed by atoms with Crippen molar-refractivity contribution in [3.8, 4) is 17.1 Å². The number of tetrazole rings is 1. The van der Waals surface area contributed by atoms with Gasteiger partial charge in [-0.15, -0.1) is 16.4 Å². The Balaban J connectivity index is 1.70. The molecule has 2 aromatic carbocycles. The number of aryl methyl sites for hydroxylation is 1. The Labute approximate surface area is 158 Å². The second kappa shape index (κ2) is 7.12. The highest BCUT2D eigenvalue weighted by Gasteiger charge is 2.17. The summed E-state index contributed by atoms with van der Waals surface area (Å²) < 4.78 is 12.3. The van der Waals surface area contributed by atoms with Gasteiger partial charge in [0.05, 0.1) is 12.7 Å². The maximum Gasteiger partial charge on any atom is 0.357 e. The normalized spacial score (nSPS) is 10.9. The minimum absolute atomic E-state index is 0.221. The Morgan fingerprint density at radius 1 is 1.22 bits per heavy atom. The van der Waals surface area contributed by atoms with Gasteiger partial charge in [0.25, 0.3) is 0 Å². The van der Waals surface area contributed by atoms with Crippen molar-refractivity contribution in [2.75, 3.05) is 7.11 Å². The number of fused-ring (bicyclic) bond motifs is 1. The molecule has 0 atom stereocenters. The Hall–Kier alpha value is -3.33. The molecule has 0 unspecified atom stereocenters. The molecular weight excluding hydrogens is 366 g/mol. The molecule has 8 nitrogen and oxygen atoms in total. The fourth-order valence-corrected chi connectivity index (χ4v) is 3.43. The number of nitrogens with zero attached hydrogens (tertiary/aromatic N) is 5. The van der Waals surface area contributed by atoms with Gasteiger partial charge in [-0.1, -0.05) is 30.3 Å². The van der Waals surface area contributed by atoms with E-state index in [0.29, 0.717) is 16.6 Å². The Bertz CT molecular complexity index is 1120. The van der Waals surface area contributed by atoms with Crippen LogP contribution in [0.5, 0.6) is 5.75 Å². The fourth-order valence-electron chi connectivity index (χ4n) is 2.76. The van der Waals surface area contributed by atoms with Gasteiger partial charge < -0.3 is 9.47 Å². The molecule has 0 N–H and O–H groups in total. The number of carbonyl (C=O) groups is 1. The molecule has 0 aliphatic carbocycles. The first kappa shape index (κ1) is 17.1. The number of thiazole rings is 1. The lowest BCUT2D eigenvalue weighted by Crippen LogP contribution is -2.03. The molecular formula is C18H15N5O3S. The average Bonchev–Trinajstić information content (AvgIpc) is 3.34. The van der Waals surface area contributed by atoms with Gasteiger partial charge in [0, 0.05) is 12.4 Å². The van der Waals surface area contributed by atoms with Crippen LogP contribution in [0.25, 0.3) is 22.2 Å². The molecule has 4 aromatic rings. The molecule has 0 spiro atoms. The van der Waals surface area contributed by atoms with Gasteiger partial charge in [0.2, 0.25) is 0 Å². The van der Waals surface area contributed by atoms with Gasteiger partial charge in [0.15, 0.2) is 11.5 Å². The van der Waals surface area contributed by atoms with E-state index in [0.717, 1.165) is 16.3 Å². The summed E-state index contributed by atoms with van der Waals surface area (Å²) in [6, 6.07) is 11.8. The zero-order chi connectivity index (χ0) is 18.8. The van der Waals surface area contributed by atoms with Gasteiger partial charge in [0.1, 0.15) is 17.4 Å². The summed E-state index contributed by atoms with van der Waals surface area (Å²) in [5.41, 5.74) is 1.09. The summed E-state index contributed by atoms with van der Waals surface area (Å²) in [4.78, 5) is 15.8. The largest absolute Gasteiger partial charge is 0.486 e. The van der Waals surface area contributed by atoms with Gasteiger partial charge in [-0.05, 0) is 27.3 Å². The number of carbonyl (C=O) groups excluding carboxylic acids is 1. The Morgan fingerprint density at radius 3 is 2.85 bits per heavy atom. The molecule has 2 aromatic heterocycles. The Kier molecular flexibility index (Phi) is 4.51. The van der Waals surface area contributed by atoms with Gasteiger partial charge >= 0.3 is 5.97 Å². The van der Waals surface area contributed by atoms with E-state index >= 15 is 0 Å². The highest BCUT2D eigenvalue weighted by Crippen LogP contribution is 2.36. The van der Waals surface area contributed by atoms with Crippen LogP contribution in [0.3, 0.4) is 0 Å². The lowest BCUT2D eigenvalue weighted by atomic mass is 10.0. The third-order valence-electron chi connectivity index (χ3n) is 4.03. The SMILES string of the molecule is COC(=O)c1csc(COc2ccc3ccccc3c2-c2nnnn2C)n1. The number of methoxy groups -OCH3 is 1. The average molecular weight is 381 g/mol. The van der Waals surface area contributed by atoms with E-state index in [1.165, 1.54) is 18.4 Å². The Morgan fingerprint density at radius 2 is 2.07 bits per heavy atom. The monoisotopic (exact) mass is 381 g/mol. The molecule has 0 bridgehead atoms. The zero-order valence-corrected chi connectivity index (χ0v) is 15.4. The lowest BCUT2D eigenvalue weighted by Gasteiger charge is -2.12. The van der Waals surface area contributed by atoms with Crippen LogP contribution in [-0.2, 0) is 18.4 Å². The molecule has 0 saturated carbocycles. The maximum atomic E-state index is 11.6. The quantitative estimate of drug-likeness (QED) is 0.491. The van der Waals surface area contributed by atoms with Crippen LogP contribution in [0.2, 0.25) is 0 Å². The fraction of sp³-hybridized carbons (Fsp3) is 0.167. The number of hydrogen-bond acceptors (Lipinski definition) is 8. The summed E-state index contributed by atoms with van der Waals surface area (Å²) in [7, 11) is 3.11. The molecule has 2 heterocycles. The summed E-state index contributed by atoms with van der Waals surface area (Å²) >= 11 is 1.34. The van der Waals surface area contributed by atoms with Crippen molar-refractivity contribution in [3.05, 3.63) is 52.5 Å². The summed E-state index contributed by atoms with van der Waals surface area (Å²) in [5.74, 6) is 0.784. The van der Waals surface area contributed by atoms with E-state index in [-0.39, 0.29) is 12.3 Å². The molecule has 0 aliphatic rings. The summed E-state index contributed by atoms with van der Waals surface area (Å²) in [6.07, 6.45) is 0. The number of rotatable bonds is 5. The van der Waals surface area contributed by atoms with Crippen molar-refractivity contribution in [3.63, 3.8) is 0 Å². The number of esters is 1. The van der Waals surface area contributed by atoms with E-state index in [1.54, 1.807) is 17.1 Å². The number of benzene rings is 2. The minimum Gasteiger partial charge on any atom is -0.486 e. The standard InChI is InChI=1S/C18H15N5O3S/c1-23-17(20-21-22-23)16-12-6-4-3-5-11(12)7-8-14(16)26-9-15-19-13(10-27-15)18(24)25-2/h3-8,10H,9H2,1-2H3. The van der Waals surface area contributed by atoms with E-state index in [1.807, 2.05) is 36.4 Å². The van der Waals surface area contributed by atoms with Crippen LogP contribution >= 0.6 is 11.3 Å². The van der Waals surface area contributed by atoms with E-state index < -0.39 is 5.97 Å².